The molecule has 1 aliphatic carbocycles. The summed E-state index contributed by atoms with van der Waals surface area (Å²) in [5.41, 5.74) is 2.95. The number of piperazine rings is 1. The first-order valence-corrected chi connectivity index (χ1v) is 11.7. The average molecular weight is 472 g/mol. The number of hydrogen-bond acceptors (Lipinski definition) is 3. The number of halogens is 1. The summed E-state index contributed by atoms with van der Waals surface area (Å²) in [7, 11) is 3.42. The maximum atomic E-state index is 14.3. The Morgan fingerprint density at radius 3 is 2.29 bits per heavy atom. The number of amides is 3. The van der Waals surface area contributed by atoms with E-state index in [4.69, 9.17) is 6.57 Å². The van der Waals surface area contributed by atoms with Crippen LogP contribution in [-0.2, 0) is 5.54 Å². The Morgan fingerprint density at radius 2 is 1.69 bits per heavy atom. The predicted molar refractivity (Wildman–Crippen MR) is 131 cm³/mol. The molecule has 0 spiro atoms. The van der Waals surface area contributed by atoms with Gasteiger partial charge in [0.15, 0.2) is 0 Å². The summed E-state index contributed by atoms with van der Waals surface area (Å²) >= 11 is 0. The molecular formula is C27H26FN5O2. The summed E-state index contributed by atoms with van der Waals surface area (Å²) in [5, 5.41) is 0.566. The van der Waals surface area contributed by atoms with E-state index in [0.29, 0.717) is 48.2 Å². The molecule has 35 heavy (non-hydrogen) atoms. The van der Waals surface area contributed by atoms with Crippen molar-refractivity contribution in [2.24, 2.45) is 0 Å². The predicted octanol–water partition coefficient (Wildman–Crippen LogP) is 4.39. The van der Waals surface area contributed by atoms with Crippen LogP contribution in [0.3, 0.4) is 0 Å². The fraction of sp³-hybridized carbons (Fsp3) is 0.333. The number of aromatic nitrogens is 1. The van der Waals surface area contributed by atoms with Crippen LogP contribution < -0.4 is 0 Å². The van der Waals surface area contributed by atoms with Crippen molar-refractivity contribution in [2.75, 3.05) is 40.3 Å². The monoisotopic (exact) mass is 471 g/mol. The van der Waals surface area contributed by atoms with Gasteiger partial charge in [-0.25, -0.2) is 15.8 Å². The van der Waals surface area contributed by atoms with Crippen LogP contribution in [0.1, 0.15) is 28.8 Å². The lowest BCUT2D eigenvalue weighted by Crippen LogP contribution is -2.52. The van der Waals surface area contributed by atoms with Gasteiger partial charge in [0.05, 0.1) is 11.1 Å². The quantitative estimate of drug-likeness (QED) is 0.533. The van der Waals surface area contributed by atoms with Gasteiger partial charge in [-0.2, -0.15) is 0 Å². The standard InChI is InChI=1S/C27H26FN5O2/c1-29-27(10-11-27)19-6-4-18(5-7-19)24-21-16-20(28)8-9-23(21)30-17-22(24)25(34)32-12-14-33(15-13-32)26(35)31(2)3/h4-9,16-17H,10-15H2,2-3H3. The van der Waals surface area contributed by atoms with Crippen molar-refractivity contribution in [1.29, 1.82) is 0 Å². The third kappa shape index (κ3) is 4.08. The second-order valence-corrected chi connectivity index (χ2v) is 9.39. The molecule has 0 bridgehead atoms. The van der Waals surface area contributed by atoms with Gasteiger partial charge in [0, 0.05) is 75.8 Å². The third-order valence-electron chi connectivity index (χ3n) is 6.93. The van der Waals surface area contributed by atoms with E-state index in [9.17, 15) is 14.0 Å². The topological polar surface area (TPSA) is 61.1 Å². The molecule has 3 aromatic rings. The summed E-state index contributed by atoms with van der Waals surface area (Å²) in [5.74, 6) is -0.595. The highest BCUT2D eigenvalue weighted by molar-refractivity contribution is 6.08. The second-order valence-electron chi connectivity index (χ2n) is 9.39. The molecule has 2 aromatic carbocycles. The molecule has 8 heteroatoms. The average Bonchev–Trinajstić information content (AvgIpc) is 3.68. The number of carbonyl (C=O) groups is 2. The van der Waals surface area contributed by atoms with Crippen molar-refractivity contribution in [1.82, 2.24) is 19.7 Å². The van der Waals surface area contributed by atoms with Gasteiger partial charge < -0.3 is 19.5 Å². The van der Waals surface area contributed by atoms with Crippen LogP contribution in [0.5, 0.6) is 0 Å². The molecule has 0 N–H and O–H groups in total. The molecule has 1 saturated carbocycles. The van der Waals surface area contributed by atoms with E-state index in [1.807, 2.05) is 24.3 Å². The Bertz CT molecular complexity index is 1350. The molecule has 7 nitrogen and oxygen atoms in total. The van der Waals surface area contributed by atoms with Crippen molar-refractivity contribution in [3.63, 3.8) is 0 Å². The SMILES string of the molecule is [C-]#[N+]C1(c2ccc(-c3c(C(=O)N4CCN(C(=O)N(C)C)CC4)cnc4ccc(F)cc34)cc2)CC1. The third-order valence-corrected chi connectivity index (χ3v) is 6.93. The molecule has 0 radical (unpaired) electrons. The van der Waals surface area contributed by atoms with Gasteiger partial charge in [-0.15, -0.1) is 0 Å². The zero-order chi connectivity index (χ0) is 24.7. The van der Waals surface area contributed by atoms with Crippen molar-refractivity contribution < 1.29 is 14.0 Å². The van der Waals surface area contributed by atoms with E-state index >= 15 is 0 Å². The first-order valence-electron chi connectivity index (χ1n) is 11.7. The Kier molecular flexibility index (Phi) is 5.64. The number of benzene rings is 2. The first-order chi connectivity index (χ1) is 16.8. The van der Waals surface area contributed by atoms with Crippen LogP contribution in [0.25, 0.3) is 26.9 Å². The molecule has 1 aromatic heterocycles. The number of rotatable bonds is 3. The lowest BCUT2D eigenvalue weighted by atomic mass is 9.93. The number of fused-ring (bicyclic) bond motifs is 1. The van der Waals surface area contributed by atoms with E-state index in [1.54, 1.807) is 36.2 Å². The second kappa shape index (κ2) is 8.66. The molecule has 5 rings (SSSR count). The number of carbonyl (C=O) groups excluding carboxylic acids is 2. The summed E-state index contributed by atoms with van der Waals surface area (Å²) in [6, 6.07) is 12.0. The Hall–Kier alpha value is -3.99. The van der Waals surface area contributed by atoms with Crippen LogP contribution in [0.2, 0.25) is 0 Å². The van der Waals surface area contributed by atoms with Crippen LogP contribution in [0.4, 0.5) is 9.18 Å². The van der Waals surface area contributed by atoms with E-state index in [-0.39, 0.29) is 11.9 Å². The van der Waals surface area contributed by atoms with Crippen LogP contribution >= 0.6 is 0 Å². The highest BCUT2D eigenvalue weighted by atomic mass is 19.1. The molecule has 3 amide bonds. The molecule has 2 fully saturated rings. The first kappa shape index (κ1) is 22.8. The normalized spacial score (nSPS) is 16.6. The number of hydrogen-bond donors (Lipinski definition) is 0. The lowest BCUT2D eigenvalue weighted by molar-refractivity contribution is 0.0650. The highest BCUT2D eigenvalue weighted by Crippen LogP contribution is 2.50. The van der Waals surface area contributed by atoms with Crippen molar-refractivity contribution in [3.05, 3.63) is 77.0 Å². The molecule has 0 unspecified atom stereocenters. The Morgan fingerprint density at radius 1 is 1.03 bits per heavy atom. The molecule has 2 heterocycles. The molecule has 178 valence electrons. The minimum Gasteiger partial charge on any atom is -0.335 e. The summed E-state index contributed by atoms with van der Waals surface area (Å²) in [6.07, 6.45) is 3.27. The number of urea groups is 1. The van der Waals surface area contributed by atoms with E-state index in [2.05, 4.69) is 9.83 Å². The maximum Gasteiger partial charge on any atom is 0.319 e. The van der Waals surface area contributed by atoms with E-state index < -0.39 is 11.4 Å². The van der Waals surface area contributed by atoms with Crippen molar-refractivity contribution in [3.8, 4) is 11.1 Å². The van der Waals surface area contributed by atoms with Crippen LogP contribution in [0, 0.1) is 12.4 Å². The molecule has 1 saturated heterocycles. The molecule has 2 aliphatic rings. The van der Waals surface area contributed by atoms with Crippen molar-refractivity contribution in [2.45, 2.75) is 18.4 Å². The fourth-order valence-corrected chi connectivity index (χ4v) is 4.72. The highest BCUT2D eigenvalue weighted by Gasteiger charge is 2.52. The smallest absolute Gasteiger partial charge is 0.319 e. The summed E-state index contributed by atoms with van der Waals surface area (Å²) < 4.78 is 14.3. The fourth-order valence-electron chi connectivity index (χ4n) is 4.72. The van der Waals surface area contributed by atoms with Gasteiger partial charge in [0.2, 0.25) is 0 Å². The number of pyridine rings is 1. The Balaban J connectivity index is 1.52. The largest absolute Gasteiger partial charge is 0.335 e. The van der Waals surface area contributed by atoms with Gasteiger partial charge >= 0.3 is 6.03 Å². The molecule has 0 atom stereocenters. The maximum absolute atomic E-state index is 14.3. The van der Waals surface area contributed by atoms with Gasteiger partial charge in [0.1, 0.15) is 5.82 Å². The minimum atomic E-state index is -0.423. The lowest BCUT2D eigenvalue weighted by Gasteiger charge is -2.36. The van der Waals surface area contributed by atoms with Gasteiger partial charge in [-0.05, 0) is 23.8 Å². The van der Waals surface area contributed by atoms with E-state index in [1.165, 1.54) is 17.0 Å². The van der Waals surface area contributed by atoms with Gasteiger partial charge in [-0.3, -0.25) is 9.78 Å². The molecular weight excluding hydrogens is 445 g/mol. The van der Waals surface area contributed by atoms with Gasteiger partial charge in [-0.1, -0.05) is 24.3 Å². The van der Waals surface area contributed by atoms with Gasteiger partial charge in [0.25, 0.3) is 11.4 Å². The van der Waals surface area contributed by atoms with Crippen molar-refractivity contribution >= 4 is 22.8 Å². The molecule has 1 aliphatic heterocycles. The minimum absolute atomic E-state index is 0.0754. The zero-order valence-electron chi connectivity index (χ0n) is 19.8. The van der Waals surface area contributed by atoms with Crippen LogP contribution in [0.15, 0.2) is 48.7 Å². The zero-order valence-corrected chi connectivity index (χ0v) is 19.8. The summed E-state index contributed by atoms with van der Waals surface area (Å²) in [4.78, 5) is 39.1. The number of nitrogens with zero attached hydrogens (tertiary/aromatic N) is 5. The van der Waals surface area contributed by atoms with Crippen LogP contribution in [-0.4, -0.2) is 71.9 Å². The summed E-state index contributed by atoms with van der Waals surface area (Å²) in [6.45, 7) is 9.23. The van der Waals surface area contributed by atoms with E-state index in [0.717, 1.165) is 24.0 Å². The Labute approximate surface area is 203 Å².